The number of primary amides is 1. The van der Waals surface area contributed by atoms with Crippen molar-refractivity contribution >= 4 is 39.2 Å². The number of hydrogen-bond acceptors (Lipinski definition) is 7. The summed E-state index contributed by atoms with van der Waals surface area (Å²) in [7, 11) is 1.50. The van der Waals surface area contributed by atoms with E-state index in [1.807, 2.05) is 23.1 Å². The van der Waals surface area contributed by atoms with Gasteiger partial charge in [-0.2, -0.15) is 0 Å². The molecule has 31 heavy (non-hydrogen) atoms. The van der Waals surface area contributed by atoms with Crippen molar-refractivity contribution in [2.24, 2.45) is 5.73 Å². The van der Waals surface area contributed by atoms with Gasteiger partial charge >= 0.3 is 5.97 Å². The average Bonchev–Trinajstić information content (AvgIpc) is 2.76. The fourth-order valence-electron chi connectivity index (χ4n) is 3.26. The van der Waals surface area contributed by atoms with Gasteiger partial charge in [0.05, 0.1) is 36.0 Å². The maximum atomic E-state index is 11.8. The van der Waals surface area contributed by atoms with Gasteiger partial charge in [-0.3, -0.25) is 4.79 Å². The summed E-state index contributed by atoms with van der Waals surface area (Å²) in [6.07, 6.45) is 0. The highest BCUT2D eigenvalue weighted by Gasteiger charge is 2.19. The molecule has 1 aliphatic rings. The largest absolute Gasteiger partial charge is 0.493 e. The number of hydrogen-bond donors (Lipinski definition) is 3. The number of carboxylic acids is 1. The number of morpholine rings is 1. The number of anilines is 2. The standard InChI is InChI=1S/C21H24BrN3O6/c1-29-18-9-13(8-16(22)20(18)31-12-19(23)26)11-24-14-2-3-17(15(10-14)21(27)28)25-4-6-30-7-5-25/h2-3,8-10,24H,4-7,11-12H2,1H3,(H2,23,26)(H,27,28). The number of carbonyl (C=O) groups is 2. The summed E-state index contributed by atoms with van der Waals surface area (Å²) in [6.45, 7) is 2.63. The third kappa shape index (κ3) is 5.80. The van der Waals surface area contributed by atoms with Gasteiger partial charge in [-0.1, -0.05) is 0 Å². The number of carbonyl (C=O) groups excluding carboxylic acids is 1. The van der Waals surface area contributed by atoms with Crippen molar-refractivity contribution in [1.29, 1.82) is 0 Å². The van der Waals surface area contributed by atoms with E-state index in [0.717, 1.165) is 5.56 Å². The Balaban J connectivity index is 1.76. The lowest BCUT2D eigenvalue weighted by atomic mass is 10.1. The number of benzene rings is 2. The van der Waals surface area contributed by atoms with Gasteiger partial charge in [0.2, 0.25) is 0 Å². The molecule has 2 aromatic rings. The number of amides is 1. The van der Waals surface area contributed by atoms with Crippen LogP contribution in [-0.2, 0) is 16.1 Å². The van der Waals surface area contributed by atoms with Gasteiger partial charge in [0, 0.05) is 25.3 Å². The van der Waals surface area contributed by atoms with Crippen molar-refractivity contribution in [3.63, 3.8) is 0 Å². The van der Waals surface area contributed by atoms with Crippen LogP contribution in [0.1, 0.15) is 15.9 Å². The van der Waals surface area contributed by atoms with E-state index >= 15 is 0 Å². The van der Waals surface area contributed by atoms with Crippen molar-refractivity contribution in [2.75, 3.05) is 50.2 Å². The zero-order chi connectivity index (χ0) is 22.4. The number of nitrogens with two attached hydrogens (primary N) is 1. The first-order valence-electron chi connectivity index (χ1n) is 9.60. The second kappa shape index (κ2) is 10.4. The topological polar surface area (TPSA) is 123 Å². The van der Waals surface area contributed by atoms with Crippen molar-refractivity contribution in [3.05, 3.63) is 45.9 Å². The van der Waals surface area contributed by atoms with E-state index in [2.05, 4.69) is 21.2 Å². The van der Waals surface area contributed by atoms with Crippen LogP contribution in [0, 0.1) is 0 Å². The summed E-state index contributed by atoms with van der Waals surface area (Å²) < 4.78 is 16.7. The molecule has 2 aromatic carbocycles. The zero-order valence-electron chi connectivity index (χ0n) is 17.0. The van der Waals surface area contributed by atoms with Gasteiger partial charge in [0.15, 0.2) is 18.1 Å². The average molecular weight is 494 g/mol. The van der Waals surface area contributed by atoms with Crippen LogP contribution in [0.15, 0.2) is 34.8 Å². The Kier molecular flexibility index (Phi) is 7.59. The number of ether oxygens (including phenoxy) is 3. The minimum Gasteiger partial charge on any atom is -0.493 e. The summed E-state index contributed by atoms with van der Waals surface area (Å²) in [5, 5.41) is 12.9. The van der Waals surface area contributed by atoms with Gasteiger partial charge in [-0.05, 0) is 51.8 Å². The lowest BCUT2D eigenvalue weighted by molar-refractivity contribution is -0.119. The van der Waals surface area contributed by atoms with Crippen molar-refractivity contribution in [3.8, 4) is 11.5 Å². The number of nitrogens with zero attached hydrogens (tertiary/aromatic N) is 1. The molecule has 0 aromatic heterocycles. The maximum Gasteiger partial charge on any atom is 0.337 e. The molecule has 0 spiro atoms. The van der Waals surface area contributed by atoms with Crippen LogP contribution >= 0.6 is 15.9 Å². The molecule has 0 saturated carbocycles. The minimum absolute atomic E-state index is 0.237. The molecule has 0 atom stereocenters. The van der Waals surface area contributed by atoms with E-state index in [4.69, 9.17) is 19.9 Å². The Labute approximate surface area is 188 Å². The molecule has 0 bridgehead atoms. The Morgan fingerprint density at radius 3 is 2.65 bits per heavy atom. The number of carboxylic acid groups (broad SMARTS) is 1. The smallest absolute Gasteiger partial charge is 0.337 e. The highest BCUT2D eigenvalue weighted by molar-refractivity contribution is 9.10. The third-order valence-corrected chi connectivity index (χ3v) is 5.31. The molecule has 0 radical (unpaired) electrons. The van der Waals surface area contributed by atoms with Gasteiger partial charge in [0.1, 0.15) is 0 Å². The van der Waals surface area contributed by atoms with Gasteiger partial charge in [-0.25, -0.2) is 4.79 Å². The van der Waals surface area contributed by atoms with Gasteiger partial charge < -0.3 is 35.3 Å². The van der Waals surface area contributed by atoms with Crippen LogP contribution in [-0.4, -0.2) is 57.0 Å². The van der Waals surface area contributed by atoms with E-state index in [-0.39, 0.29) is 12.2 Å². The Bertz CT molecular complexity index is 962. The number of nitrogens with one attached hydrogen (secondary N) is 1. The fourth-order valence-corrected chi connectivity index (χ4v) is 3.86. The van der Waals surface area contributed by atoms with E-state index in [0.29, 0.717) is 60.2 Å². The summed E-state index contributed by atoms with van der Waals surface area (Å²) >= 11 is 3.42. The number of halogens is 1. The van der Waals surface area contributed by atoms with Crippen molar-refractivity contribution in [2.45, 2.75) is 6.54 Å². The lowest BCUT2D eigenvalue weighted by Gasteiger charge is -2.30. The molecule has 166 valence electrons. The zero-order valence-corrected chi connectivity index (χ0v) is 18.6. The minimum atomic E-state index is -0.981. The molecule has 1 heterocycles. The summed E-state index contributed by atoms with van der Waals surface area (Å²) in [6, 6.07) is 8.90. The number of rotatable bonds is 9. The maximum absolute atomic E-state index is 11.8. The molecule has 1 aliphatic heterocycles. The Hall–Kier alpha value is -2.98. The second-order valence-electron chi connectivity index (χ2n) is 6.85. The van der Waals surface area contributed by atoms with Crippen LogP contribution in [0.2, 0.25) is 0 Å². The highest BCUT2D eigenvalue weighted by Crippen LogP contribution is 2.37. The second-order valence-corrected chi connectivity index (χ2v) is 7.71. The molecule has 4 N–H and O–H groups in total. The molecule has 0 aliphatic carbocycles. The van der Waals surface area contributed by atoms with E-state index in [1.165, 1.54) is 7.11 Å². The lowest BCUT2D eigenvalue weighted by Crippen LogP contribution is -2.37. The molecule has 10 heteroatoms. The molecule has 0 unspecified atom stereocenters. The van der Waals surface area contributed by atoms with Crippen molar-refractivity contribution < 1.29 is 28.9 Å². The molecular formula is C21H24BrN3O6. The Morgan fingerprint density at radius 2 is 2.00 bits per heavy atom. The molecule has 1 saturated heterocycles. The van der Waals surface area contributed by atoms with E-state index < -0.39 is 11.9 Å². The van der Waals surface area contributed by atoms with E-state index in [9.17, 15) is 14.7 Å². The molecule has 1 fully saturated rings. The predicted octanol–water partition coefficient (Wildman–Crippen LogP) is 2.47. The van der Waals surface area contributed by atoms with Crippen molar-refractivity contribution in [1.82, 2.24) is 0 Å². The number of aromatic carboxylic acids is 1. The molecule has 3 rings (SSSR count). The monoisotopic (exact) mass is 493 g/mol. The van der Waals surface area contributed by atoms with E-state index in [1.54, 1.807) is 12.1 Å². The van der Waals surface area contributed by atoms with Crippen LogP contribution < -0.4 is 25.4 Å². The van der Waals surface area contributed by atoms with Crippen LogP contribution in [0.5, 0.6) is 11.5 Å². The molecule has 1 amide bonds. The fraction of sp³-hybridized carbons (Fsp3) is 0.333. The SMILES string of the molecule is COc1cc(CNc2ccc(N3CCOCC3)c(C(=O)O)c2)cc(Br)c1OCC(N)=O. The van der Waals surface area contributed by atoms with Gasteiger partial charge in [-0.15, -0.1) is 0 Å². The summed E-state index contributed by atoms with van der Waals surface area (Å²) in [4.78, 5) is 24.8. The predicted molar refractivity (Wildman–Crippen MR) is 119 cm³/mol. The summed E-state index contributed by atoms with van der Waals surface area (Å²) in [5.74, 6) is -0.741. The number of methoxy groups -OCH3 is 1. The quantitative estimate of drug-likeness (QED) is 0.486. The third-order valence-electron chi connectivity index (χ3n) is 4.72. The highest BCUT2D eigenvalue weighted by atomic mass is 79.9. The Morgan fingerprint density at radius 1 is 1.26 bits per heavy atom. The first kappa shape index (κ1) is 22.7. The molecular weight excluding hydrogens is 470 g/mol. The molecule has 9 nitrogen and oxygen atoms in total. The van der Waals surface area contributed by atoms with Gasteiger partial charge in [0.25, 0.3) is 5.91 Å². The van der Waals surface area contributed by atoms with Crippen LogP contribution in [0.25, 0.3) is 0 Å². The first-order chi connectivity index (χ1) is 14.9. The summed E-state index contributed by atoms with van der Waals surface area (Å²) in [5.41, 5.74) is 7.60. The first-order valence-corrected chi connectivity index (χ1v) is 10.4. The van der Waals surface area contributed by atoms with Crippen LogP contribution in [0.4, 0.5) is 11.4 Å². The van der Waals surface area contributed by atoms with Crippen LogP contribution in [0.3, 0.4) is 0 Å². The normalized spacial score (nSPS) is 13.5.